The van der Waals surface area contributed by atoms with Gasteiger partial charge in [-0.15, -0.1) is 11.3 Å². The van der Waals surface area contributed by atoms with Crippen molar-refractivity contribution in [2.45, 2.75) is 0 Å². The summed E-state index contributed by atoms with van der Waals surface area (Å²) in [4.78, 5) is 2.34. The second kappa shape index (κ2) is 13.6. The maximum atomic E-state index is 6.71. The molecule has 0 spiro atoms. The summed E-state index contributed by atoms with van der Waals surface area (Å²) in [6.07, 6.45) is 0. The molecule has 10 aromatic carbocycles. The molecule has 2 aromatic heterocycles. The molecule has 0 aliphatic heterocycles. The van der Waals surface area contributed by atoms with Gasteiger partial charge in [-0.3, -0.25) is 0 Å². The predicted molar refractivity (Wildman–Crippen MR) is 253 cm³/mol. The lowest BCUT2D eigenvalue weighted by atomic mass is 10.00. The lowest BCUT2D eigenvalue weighted by Crippen LogP contribution is -2.09. The number of nitrogens with zero attached hydrogens (tertiary/aromatic N) is 1. The van der Waals surface area contributed by atoms with Crippen molar-refractivity contribution in [1.29, 1.82) is 0 Å². The summed E-state index contributed by atoms with van der Waals surface area (Å²) in [6.45, 7) is 0. The third-order valence-electron chi connectivity index (χ3n) is 11.9. The number of hydrogen-bond donors (Lipinski definition) is 0. The van der Waals surface area contributed by atoms with Gasteiger partial charge in [-0.1, -0.05) is 158 Å². The third kappa shape index (κ3) is 5.62. The highest BCUT2D eigenvalue weighted by molar-refractivity contribution is 7.26. The standard InChI is InChI=1S/C56H35NOS/c1-2-9-36(10-3-1)37-17-26-43(27-18-37)57(44-28-19-38(20-29-44)42-25-34-53-52(35-42)51-33-24-40-12-5-7-14-48(40)56(51)59-53)45-30-21-41(22-31-45)47-15-8-16-49-50-32-23-39-11-4-6-13-46(39)55(50)58-54(47)49/h1-35H. The molecule has 0 saturated carbocycles. The molecule has 0 unspecified atom stereocenters. The van der Waals surface area contributed by atoms with Gasteiger partial charge < -0.3 is 9.32 Å². The number of para-hydroxylation sites is 1. The first-order chi connectivity index (χ1) is 29.2. The minimum absolute atomic E-state index is 0.914. The Morgan fingerprint density at radius 2 is 0.847 bits per heavy atom. The van der Waals surface area contributed by atoms with Crippen molar-refractivity contribution >= 4 is 92.1 Å². The van der Waals surface area contributed by atoms with Crippen LogP contribution in [0, 0.1) is 0 Å². The average molecular weight is 770 g/mol. The maximum absolute atomic E-state index is 6.71. The number of thiophene rings is 1. The second-order valence-electron chi connectivity index (χ2n) is 15.3. The van der Waals surface area contributed by atoms with Crippen LogP contribution >= 0.6 is 11.3 Å². The SMILES string of the molecule is c1ccc(-c2ccc(N(c3ccc(-c4ccc5sc6c7ccccc7ccc6c5c4)cc3)c3ccc(-c4cccc5c4oc4c6ccccc6ccc54)cc3)cc2)cc1. The van der Waals surface area contributed by atoms with Crippen LogP contribution in [-0.2, 0) is 0 Å². The van der Waals surface area contributed by atoms with Crippen LogP contribution in [-0.4, -0.2) is 0 Å². The van der Waals surface area contributed by atoms with Crippen LogP contribution in [0.2, 0.25) is 0 Å². The Bertz CT molecular complexity index is 3530. The molecule has 0 aliphatic rings. The van der Waals surface area contributed by atoms with E-state index >= 15 is 0 Å². The van der Waals surface area contributed by atoms with Gasteiger partial charge in [-0.2, -0.15) is 0 Å². The van der Waals surface area contributed by atoms with E-state index in [0.29, 0.717) is 0 Å². The lowest BCUT2D eigenvalue weighted by Gasteiger charge is -2.26. The molecule has 0 fully saturated rings. The molecule has 0 bridgehead atoms. The molecule has 0 N–H and O–H groups in total. The van der Waals surface area contributed by atoms with Crippen LogP contribution in [0.4, 0.5) is 17.1 Å². The number of hydrogen-bond acceptors (Lipinski definition) is 3. The van der Waals surface area contributed by atoms with Gasteiger partial charge in [0.25, 0.3) is 0 Å². The Balaban J connectivity index is 0.931. The Kier molecular flexibility index (Phi) is 7.75. The number of anilines is 3. The van der Waals surface area contributed by atoms with Crippen molar-refractivity contribution in [3.63, 3.8) is 0 Å². The Morgan fingerprint density at radius 3 is 1.56 bits per heavy atom. The lowest BCUT2D eigenvalue weighted by molar-refractivity contribution is 0.674. The van der Waals surface area contributed by atoms with Gasteiger partial charge in [0, 0.05) is 59.0 Å². The fourth-order valence-corrected chi connectivity index (χ4v) is 10.1. The highest BCUT2D eigenvalue weighted by Crippen LogP contribution is 2.43. The molecule has 0 atom stereocenters. The topological polar surface area (TPSA) is 16.4 Å². The van der Waals surface area contributed by atoms with E-state index < -0.39 is 0 Å². The van der Waals surface area contributed by atoms with Crippen LogP contribution in [0.15, 0.2) is 217 Å². The summed E-state index contributed by atoms with van der Waals surface area (Å²) in [6, 6.07) is 76.8. The summed E-state index contributed by atoms with van der Waals surface area (Å²) >= 11 is 1.89. The molecular formula is C56H35NOS. The normalized spacial score (nSPS) is 11.7. The van der Waals surface area contributed by atoms with Gasteiger partial charge in [-0.05, 0) is 98.6 Å². The minimum atomic E-state index is 0.914. The fourth-order valence-electron chi connectivity index (χ4n) is 8.91. The molecule has 0 aliphatic carbocycles. The molecule has 59 heavy (non-hydrogen) atoms. The number of fused-ring (bicyclic) bond motifs is 10. The zero-order chi connectivity index (χ0) is 38.9. The van der Waals surface area contributed by atoms with E-state index in [4.69, 9.17) is 4.42 Å². The predicted octanol–water partition coefficient (Wildman–Crippen LogP) is 16.7. The summed E-state index contributed by atoms with van der Waals surface area (Å²) < 4.78 is 9.38. The second-order valence-corrected chi connectivity index (χ2v) is 16.3. The minimum Gasteiger partial charge on any atom is -0.455 e. The van der Waals surface area contributed by atoms with E-state index in [1.54, 1.807) is 0 Å². The molecule has 3 heteroatoms. The van der Waals surface area contributed by atoms with Crippen molar-refractivity contribution in [1.82, 2.24) is 0 Å². The van der Waals surface area contributed by atoms with Crippen LogP contribution in [0.1, 0.15) is 0 Å². The van der Waals surface area contributed by atoms with E-state index in [9.17, 15) is 0 Å². The molecular weight excluding hydrogens is 735 g/mol. The first kappa shape index (κ1) is 33.7. The van der Waals surface area contributed by atoms with E-state index in [1.807, 2.05) is 11.3 Å². The van der Waals surface area contributed by atoms with E-state index in [1.165, 1.54) is 58.6 Å². The number of rotatable bonds is 6. The Labute approximate surface area is 345 Å². The van der Waals surface area contributed by atoms with Gasteiger partial charge >= 0.3 is 0 Å². The van der Waals surface area contributed by atoms with Crippen molar-refractivity contribution in [2.24, 2.45) is 0 Å². The largest absolute Gasteiger partial charge is 0.455 e. The summed E-state index contributed by atoms with van der Waals surface area (Å²) in [5, 5.41) is 9.83. The molecule has 276 valence electrons. The van der Waals surface area contributed by atoms with E-state index in [2.05, 4.69) is 217 Å². The van der Waals surface area contributed by atoms with E-state index in [-0.39, 0.29) is 0 Å². The van der Waals surface area contributed by atoms with Gasteiger partial charge in [0.2, 0.25) is 0 Å². The summed E-state index contributed by atoms with van der Waals surface area (Å²) in [7, 11) is 0. The van der Waals surface area contributed by atoms with Crippen LogP contribution in [0.25, 0.3) is 97.0 Å². The zero-order valence-electron chi connectivity index (χ0n) is 32.0. The molecule has 12 aromatic rings. The quantitative estimate of drug-likeness (QED) is 0.167. The Morgan fingerprint density at radius 1 is 0.322 bits per heavy atom. The molecule has 12 rings (SSSR count). The van der Waals surface area contributed by atoms with E-state index in [0.717, 1.165) is 55.5 Å². The Hall–Kier alpha value is -7.46. The van der Waals surface area contributed by atoms with Crippen molar-refractivity contribution in [2.75, 3.05) is 4.90 Å². The van der Waals surface area contributed by atoms with Crippen molar-refractivity contribution < 1.29 is 4.42 Å². The van der Waals surface area contributed by atoms with Crippen LogP contribution in [0.5, 0.6) is 0 Å². The van der Waals surface area contributed by atoms with Crippen LogP contribution < -0.4 is 4.90 Å². The fraction of sp³-hybridized carbons (Fsp3) is 0. The molecule has 0 radical (unpaired) electrons. The highest BCUT2D eigenvalue weighted by atomic mass is 32.1. The smallest absolute Gasteiger partial charge is 0.143 e. The summed E-state index contributed by atoms with van der Waals surface area (Å²) in [5.41, 5.74) is 12.1. The molecule has 0 amide bonds. The van der Waals surface area contributed by atoms with Gasteiger partial charge in [-0.25, -0.2) is 0 Å². The average Bonchev–Trinajstić information content (AvgIpc) is 3.89. The zero-order valence-corrected chi connectivity index (χ0v) is 32.8. The van der Waals surface area contributed by atoms with Crippen molar-refractivity contribution in [3.05, 3.63) is 212 Å². The van der Waals surface area contributed by atoms with Crippen molar-refractivity contribution in [3.8, 4) is 33.4 Å². The van der Waals surface area contributed by atoms with Gasteiger partial charge in [0.05, 0.1) is 0 Å². The maximum Gasteiger partial charge on any atom is 0.143 e. The van der Waals surface area contributed by atoms with Gasteiger partial charge in [0.15, 0.2) is 0 Å². The highest BCUT2D eigenvalue weighted by Gasteiger charge is 2.17. The first-order valence-corrected chi connectivity index (χ1v) is 20.9. The molecule has 2 heterocycles. The monoisotopic (exact) mass is 769 g/mol. The third-order valence-corrected chi connectivity index (χ3v) is 13.1. The molecule has 2 nitrogen and oxygen atoms in total. The first-order valence-electron chi connectivity index (χ1n) is 20.1. The number of benzene rings is 10. The van der Waals surface area contributed by atoms with Gasteiger partial charge in [0.1, 0.15) is 11.2 Å². The summed E-state index contributed by atoms with van der Waals surface area (Å²) in [5.74, 6) is 0. The number of furan rings is 1. The molecule has 0 saturated heterocycles. The van der Waals surface area contributed by atoms with Crippen LogP contribution in [0.3, 0.4) is 0 Å².